The zero-order chi connectivity index (χ0) is 10.2. The van der Waals surface area contributed by atoms with Crippen LogP contribution in [0.2, 0.25) is 0 Å². The first-order valence-electron chi connectivity index (χ1n) is 4.02. The van der Waals surface area contributed by atoms with E-state index in [0.717, 1.165) is 5.56 Å². The van der Waals surface area contributed by atoms with E-state index in [9.17, 15) is 4.79 Å². The molecule has 14 heavy (non-hydrogen) atoms. The number of hydrogen-bond donors (Lipinski definition) is 1. The maximum Gasteiger partial charge on any atom is 0.540 e. The van der Waals surface area contributed by atoms with Gasteiger partial charge in [0, 0.05) is 0 Å². The second kappa shape index (κ2) is 5.77. The van der Waals surface area contributed by atoms with Crippen LogP contribution in [0.4, 0.5) is 4.79 Å². The summed E-state index contributed by atoms with van der Waals surface area (Å²) in [4.78, 5) is 13.6. The SMILES string of the molecule is O=C(OO)OC/C=C/c1ccccc1. The summed E-state index contributed by atoms with van der Waals surface area (Å²) in [6.45, 7) is 0.0638. The molecule has 0 bridgehead atoms. The lowest BCUT2D eigenvalue weighted by atomic mass is 10.2. The minimum Gasteiger partial charge on any atom is -0.428 e. The van der Waals surface area contributed by atoms with Gasteiger partial charge in [-0.2, -0.15) is 5.26 Å². The Bertz CT molecular complexity index is 305. The Morgan fingerprint density at radius 1 is 1.36 bits per heavy atom. The average Bonchev–Trinajstić information content (AvgIpc) is 2.25. The average molecular weight is 194 g/mol. The summed E-state index contributed by atoms with van der Waals surface area (Å²) < 4.78 is 4.41. The number of rotatable bonds is 3. The number of hydrogen-bond acceptors (Lipinski definition) is 4. The molecule has 0 aliphatic heterocycles. The Balaban J connectivity index is 2.31. The molecule has 0 radical (unpaired) electrons. The molecule has 1 aromatic carbocycles. The van der Waals surface area contributed by atoms with Crippen LogP contribution in [0.15, 0.2) is 36.4 Å². The molecular weight excluding hydrogens is 184 g/mol. The summed E-state index contributed by atoms with van der Waals surface area (Å²) in [5.41, 5.74) is 1.01. The van der Waals surface area contributed by atoms with Gasteiger partial charge in [-0.3, -0.25) is 4.89 Å². The first-order valence-corrected chi connectivity index (χ1v) is 4.02. The van der Waals surface area contributed by atoms with Crippen molar-refractivity contribution in [2.45, 2.75) is 0 Å². The van der Waals surface area contributed by atoms with Crippen molar-refractivity contribution in [1.29, 1.82) is 0 Å². The monoisotopic (exact) mass is 194 g/mol. The summed E-state index contributed by atoms with van der Waals surface area (Å²) in [6, 6.07) is 9.56. The molecule has 0 aliphatic rings. The number of carbonyl (C=O) groups is 1. The first kappa shape index (κ1) is 10.3. The van der Waals surface area contributed by atoms with Crippen LogP contribution < -0.4 is 0 Å². The van der Waals surface area contributed by atoms with Crippen LogP contribution in [0, 0.1) is 0 Å². The van der Waals surface area contributed by atoms with E-state index in [1.54, 1.807) is 12.2 Å². The van der Waals surface area contributed by atoms with Gasteiger partial charge in [0.15, 0.2) is 0 Å². The molecule has 4 heteroatoms. The fraction of sp³-hybridized carbons (Fsp3) is 0.100. The fourth-order valence-corrected chi connectivity index (χ4v) is 0.891. The van der Waals surface area contributed by atoms with Crippen molar-refractivity contribution in [3.05, 3.63) is 42.0 Å². The van der Waals surface area contributed by atoms with Crippen molar-refractivity contribution in [2.24, 2.45) is 0 Å². The maximum atomic E-state index is 10.3. The molecule has 0 spiro atoms. The zero-order valence-electron chi connectivity index (χ0n) is 7.42. The molecule has 0 saturated heterocycles. The van der Waals surface area contributed by atoms with Gasteiger partial charge in [0.05, 0.1) is 0 Å². The Kier molecular flexibility index (Phi) is 4.23. The molecule has 0 saturated carbocycles. The molecule has 1 rings (SSSR count). The summed E-state index contributed by atoms with van der Waals surface area (Å²) in [7, 11) is 0. The van der Waals surface area contributed by atoms with Crippen molar-refractivity contribution in [3.63, 3.8) is 0 Å². The maximum absolute atomic E-state index is 10.3. The lowest BCUT2D eigenvalue weighted by molar-refractivity contribution is -0.199. The molecule has 4 nitrogen and oxygen atoms in total. The summed E-state index contributed by atoms with van der Waals surface area (Å²) in [5.74, 6) is 0. The molecule has 1 aromatic rings. The van der Waals surface area contributed by atoms with Gasteiger partial charge in [-0.15, -0.1) is 0 Å². The summed E-state index contributed by atoms with van der Waals surface area (Å²) in [5, 5.41) is 7.85. The molecular formula is C10H10O4. The Morgan fingerprint density at radius 2 is 2.07 bits per heavy atom. The largest absolute Gasteiger partial charge is 0.540 e. The normalized spacial score (nSPS) is 10.1. The van der Waals surface area contributed by atoms with E-state index in [1.807, 2.05) is 30.3 Å². The van der Waals surface area contributed by atoms with Gasteiger partial charge < -0.3 is 4.74 Å². The van der Waals surface area contributed by atoms with Crippen molar-refractivity contribution in [2.75, 3.05) is 6.61 Å². The molecule has 74 valence electrons. The number of benzene rings is 1. The molecule has 0 amide bonds. The van der Waals surface area contributed by atoms with Gasteiger partial charge in [-0.25, -0.2) is 4.79 Å². The predicted octanol–water partition coefficient (Wildman–Crippen LogP) is 2.33. The third-order valence-electron chi connectivity index (χ3n) is 1.48. The van der Waals surface area contributed by atoms with Crippen molar-refractivity contribution in [3.8, 4) is 0 Å². The third-order valence-corrected chi connectivity index (χ3v) is 1.48. The van der Waals surface area contributed by atoms with Crippen LogP contribution in [-0.4, -0.2) is 18.0 Å². The number of carbonyl (C=O) groups excluding carboxylic acids is 1. The van der Waals surface area contributed by atoms with Gasteiger partial charge in [-0.1, -0.05) is 36.4 Å². The smallest absolute Gasteiger partial charge is 0.428 e. The van der Waals surface area contributed by atoms with E-state index < -0.39 is 6.16 Å². The lowest BCUT2D eigenvalue weighted by Crippen LogP contribution is -2.03. The van der Waals surface area contributed by atoms with Crippen LogP contribution in [0.25, 0.3) is 6.08 Å². The van der Waals surface area contributed by atoms with E-state index in [2.05, 4.69) is 9.62 Å². The topological polar surface area (TPSA) is 55.8 Å². The summed E-state index contributed by atoms with van der Waals surface area (Å²) >= 11 is 0. The predicted molar refractivity (Wildman–Crippen MR) is 50.5 cm³/mol. The van der Waals surface area contributed by atoms with Crippen LogP contribution in [-0.2, 0) is 9.62 Å². The molecule has 1 N–H and O–H groups in total. The van der Waals surface area contributed by atoms with Crippen LogP contribution >= 0.6 is 0 Å². The van der Waals surface area contributed by atoms with E-state index in [1.165, 1.54) is 0 Å². The van der Waals surface area contributed by atoms with Gasteiger partial charge in [0.2, 0.25) is 0 Å². The first-order chi connectivity index (χ1) is 6.83. The highest BCUT2D eigenvalue weighted by Gasteiger charge is 1.97. The van der Waals surface area contributed by atoms with Crippen molar-refractivity contribution >= 4 is 12.2 Å². The minimum atomic E-state index is -1.11. The van der Waals surface area contributed by atoms with Crippen molar-refractivity contribution in [1.82, 2.24) is 0 Å². The van der Waals surface area contributed by atoms with Crippen LogP contribution in [0.1, 0.15) is 5.56 Å². The van der Waals surface area contributed by atoms with Gasteiger partial charge in [0.25, 0.3) is 0 Å². The standard InChI is InChI=1S/C10H10O4/c11-10(14-12)13-8-4-7-9-5-2-1-3-6-9/h1-7,12H,8H2/b7-4+. The summed E-state index contributed by atoms with van der Waals surface area (Å²) in [6.07, 6.45) is 2.33. The fourth-order valence-electron chi connectivity index (χ4n) is 0.891. The zero-order valence-corrected chi connectivity index (χ0v) is 7.42. The third kappa shape index (κ3) is 3.73. The van der Waals surface area contributed by atoms with Crippen LogP contribution in [0.3, 0.4) is 0 Å². The lowest BCUT2D eigenvalue weighted by Gasteiger charge is -1.95. The molecule has 0 atom stereocenters. The molecule has 0 aliphatic carbocycles. The van der Waals surface area contributed by atoms with Crippen molar-refractivity contribution < 1.29 is 19.7 Å². The highest BCUT2D eigenvalue weighted by molar-refractivity contribution is 5.59. The van der Waals surface area contributed by atoms with Gasteiger partial charge in [0.1, 0.15) is 6.61 Å². The highest BCUT2D eigenvalue weighted by Crippen LogP contribution is 2.00. The Morgan fingerprint density at radius 3 is 2.71 bits per heavy atom. The highest BCUT2D eigenvalue weighted by atomic mass is 17.1. The van der Waals surface area contributed by atoms with E-state index >= 15 is 0 Å². The second-order valence-corrected chi connectivity index (χ2v) is 2.47. The van der Waals surface area contributed by atoms with E-state index in [0.29, 0.717) is 0 Å². The molecule has 0 fully saturated rings. The Labute approximate surface area is 81.3 Å². The Hall–Kier alpha value is -1.81. The van der Waals surface area contributed by atoms with E-state index in [4.69, 9.17) is 5.26 Å². The van der Waals surface area contributed by atoms with Gasteiger partial charge in [-0.05, 0) is 11.6 Å². The van der Waals surface area contributed by atoms with Crippen LogP contribution in [0.5, 0.6) is 0 Å². The molecule has 0 heterocycles. The minimum absolute atomic E-state index is 0.0638. The number of ether oxygens (including phenoxy) is 1. The van der Waals surface area contributed by atoms with E-state index in [-0.39, 0.29) is 6.61 Å². The molecule has 0 aromatic heterocycles. The quantitative estimate of drug-likeness (QED) is 0.455. The van der Waals surface area contributed by atoms with Gasteiger partial charge >= 0.3 is 6.16 Å². The molecule has 0 unspecified atom stereocenters. The second-order valence-electron chi connectivity index (χ2n) is 2.47.